The van der Waals surface area contributed by atoms with Crippen molar-refractivity contribution in [3.05, 3.63) is 54.3 Å². The van der Waals surface area contributed by atoms with Crippen LogP contribution in [0.4, 0.5) is 0 Å². The molecule has 0 aliphatic heterocycles. The van der Waals surface area contributed by atoms with Gasteiger partial charge in [-0.3, -0.25) is 10.2 Å². The van der Waals surface area contributed by atoms with Gasteiger partial charge in [0, 0.05) is 11.6 Å². The van der Waals surface area contributed by atoms with Crippen LogP contribution in [0.1, 0.15) is 5.76 Å². The molecule has 0 aliphatic carbocycles. The molecule has 0 radical (unpaired) electrons. The fraction of sp³-hybridized carbons (Fsp3) is 0. The van der Waals surface area contributed by atoms with Gasteiger partial charge in [-0.25, -0.2) is 5.84 Å². The van der Waals surface area contributed by atoms with Crippen molar-refractivity contribution in [1.82, 2.24) is 5.43 Å². The molecule has 1 amide bonds. The van der Waals surface area contributed by atoms with Crippen LogP contribution in [0.15, 0.2) is 53.0 Å². The van der Waals surface area contributed by atoms with Gasteiger partial charge in [-0.2, -0.15) is 0 Å². The van der Waals surface area contributed by atoms with E-state index in [9.17, 15) is 4.79 Å². The van der Waals surface area contributed by atoms with E-state index in [2.05, 4.69) is 0 Å². The molecule has 0 saturated carbocycles. The fourth-order valence-electron chi connectivity index (χ4n) is 1.41. The zero-order valence-electron chi connectivity index (χ0n) is 9.09. The molecular weight excluding hydrogens is 216 g/mol. The predicted molar refractivity (Wildman–Crippen MR) is 65.5 cm³/mol. The fourth-order valence-corrected chi connectivity index (χ4v) is 1.41. The third kappa shape index (κ3) is 2.83. The second-order valence-electron chi connectivity index (χ2n) is 3.41. The van der Waals surface area contributed by atoms with E-state index in [0.717, 1.165) is 11.3 Å². The monoisotopic (exact) mass is 228 g/mol. The first-order valence-electron chi connectivity index (χ1n) is 5.13. The van der Waals surface area contributed by atoms with Gasteiger partial charge >= 0.3 is 0 Å². The van der Waals surface area contributed by atoms with Gasteiger partial charge in [0.1, 0.15) is 11.5 Å². The van der Waals surface area contributed by atoms with Crippen molar-refractivity contribution in [2.24, 2.45) is 5.84 Å². The molecule has 0 atom stereocenters. The zero-order valence-corrected chi connectivity index (χ0v) is 9.09. The van der Waals surface area contributed by atoms with Crippen molar-refractivity contribution in [2.45, 2.75) is 0 Å². The Hall–Kier alpha value is -2.33. The van der Waals surface area contributed by atoms with Gasteiger partial charge < -0.3 is 4.42 Å². The van der Waals surface area contributed by atoms with Crippen LogP contribution < -0.4 is 11.3 Å². The van der Waals surface area contributed by atoms with Gasteiger partial charge in [-0.05, 0) is 18.2 Å². The Morgan fingerprint density at radius 1 is 1.18 bits per heavy atom. The highest BCUT2D eigenvalue weighted by Gasteiger charge is 2.02. The molecule has 17 heavy (non-hydrogen) atoms. The molecule has 2 rings (SSSR count). The molecule has 0 fully saturated rings. The Labute approximate surface area is 98.7 Å². The Bertz CT molecular complexity index is 529. The molecule has 0 saturated heterocycles. The summed E-state index contributed by atoms with van der Waals surface area (Å²) in [4.78, 5) is 10.9. The Balaban J connectivity index is 2.17. The van der Waals surface area contributed by atoms with Gasteiger partial charge in [-0.15, -0.1) is 0 Å². The smallest absolute Gasteiger partial charge is 0.258 e. The summed E-state index contributed by atoms with van der Waals surface area (Å²) in [7, 11) is 0. The average molecular weight is 228 g/mol. The third-order valence-corrected chi connectivity index (χ3v) is 2.23. The molecule has 0 aliphatic rings. The topological polar surface area (TPSA) is 68.3 Å². The summed E-state index contributed by atoms with van der Waals surface area (Å²) in [6, 6.07) is 13.4. The third-order valence-electron chi connectivity index (χ3n) is 2.23. The lowest BCUT2D eigenvalue weighted by Crippen LogP contribution is -2.27. The lowest BCUT2D eigenvalue weighted by molar-refractivity contribution is -0.116. The predicted octanol–water partition coefficient (Wildman–Crippen LogP) is 1.95. The Morgan fingerprint density at radius 3 is 2.65 bits per heavy atom. The molecule has 1 heterocycles. The minimum atomic E-state index is -0.373. The van der Waals surface area contributed by atoms with Crippen LogP contribution in [-0.2, 0) is 4.79 Å². The SMILES string of the molecule is NNC(=O)/C=C/c1ccc(-c2ccccc2)o1. The standard InChI is InChI=1S/C13H12N2O2/c14-15-13(16)9-7-11-6-8-12(17-11)10-4-2-1-3-5-10/h1-9H,14H2,(H,15,16)/b9-7+. The molecule has 0 unspecified atom stereocenters. The van der Waals surface area contributed by atoms with Crippen molar-refractivity contribution in [2.75, 3.05) is 0 Å². The Kier molecular flexibility index (Phi) is 3.37. The molecule has 0 spiro atoms. The summed E-state index contributed by atoms with van der Waals surface area (Å²) < 4.78 is 5.56. The molecular formula is C13H12N2O2. The number of amides is 1. The van der Waals surface area contributed by atoms with Crippen LogP contribution in [-0.4, -0.2) is 5.91 Å². The van der Waals surface area contributed by atoms with Gasteiger partial charge in [0.15, 0.2) is 0 Å². The number of hydrogen-bond donors (Lipinski definition) is 2. The van der Waals surface area contributed by atoms with Crippen LogP contribution in [0, 0.1) is 0 Å². The number of rotatable bonds is 3. The largest absolute Gasteiger partial charge is 0.457 e. The van der Waals surface area contributed by atoms with Crippen molar-refractivity contribution in [3.63, 3.8) is 0 Å². The van der Waals surface area contributed by atoms with E-state index >= 15 is 0 Å². The van der Waals surface area contributed by atoms with Crippen molar-refractivity contribution < 1.29 is 9.21 Å². The van der Waals surface area contributed by atoms with Gasteiger partial charge in [0.2, 0.25) is 0 Å². The first kappa shape index (κ1) is 11.2. The van der Waals surface area contributed by atoms with E-state index in [-0.39, 0.29) is 5.91 Å². The summed E-state index contributed by atoms with van der Waals surface area (Å²) in [5, 5.41) is 0. The number of carbonyl (C=O) groups is 1. The molecule has 3 N–H and O–H groups in total. The summed E-state index contributed by atoms with van der Waals surface area (Å²) in [5.41, 5.74) is 3.00. The number of hydrogen-bond acceptors (Lipinski definition) is 3. The molecule has 2 aromatic rings. The highest BCUT2D eigenvalue weighted by molar-refractivity contribution is 5.90. The van der Waals surface area contributed by atoms with Gasteiger partial charge in [0.05, 0.1) is 0 Å². The van der Waals surface area contributed by atoms with E-state index in [1.807, 2.05) is 41.8 Å². The molecule has 86 valence electrons. The highest BCUT2D eigenvalue weighted by Crippen LogP contribution is 2.22. The van der Waals surface area contributed by atoms with Crippen molar-refractivity contribution in [1.29, 1.82) is 0 Å². The van der Waals surface area contributed by atoms with E-state index in [1.165, 1.54) is 6.08 Å². The van der Waals surface area contributed by atoms with Crippen LogP contribution in [0.2, 0.25) is 0 Å². The van der Waals surface area contributed by atoms with Gasteiger partial charge in [-0.1, -0.05) is 30.3 Å². The first-order valence-corrected chi connectivity index (χ1v) is 5.13. The number of nitrogens with two attached hydrogens (primary N) is 1. The minimum absolute atomic E-state index is 0.373. The maximum atomic E-state index is 10.9. The zero-order chi connectivity index (χ0) is 12.1. The molecule has 4 nitrogen and oxygen atoms in total. The maximum absolute atomic E-state index is 10.9. The maximum Gasteiger partial charge on any atom is 0.258 e. The van der Waals surface area contributed by atoms with Crippen molar-refractivity contribution >= 4 is 12.0 Å². The average Bonchev–Trinajstić information content (AvgIpc) is 2.86. The second-order valence-corrected chi connectivity index (χ2v) is 3.41. The molecule has 4 heteroatoms. The first-order chi connectivity index (χ1) is 8.29. The van der Waals surface area contributed by atoms with Crippen LogP contribution in [0.25, 0.3) is 17.4 Å². The summed E-state index contributed by atoms with van der Waals surface area (Å²) in [6.45, 7) is 0. The normalized spacial score (nSPS) is 10.6. The highest BCUT2D eigenvalue weighted by atomic mass is 16.3. The number of nitrogens with one attached hydrogen (secondary N) is 1. The minimum Gasteiger partial charge on any atom is -0.457 e. The molecule has 0 bridgehead atoms. The van der Waals surface area contributed by atoms with E-state index in [4.69, 9.17) is 10.3 Å². The summed E-state index contributed by atoms with van der Waals surface area (Å²) in [6.07, 6.45) is 2.88. The molecule has 1 aromatic carbocycles. The van der Waals surface area contributed by atoms with Crippen LogP contribution >= 0.6 is 0 Å². The number of hydrazine groups is 1. The number of furan rings is 1. The lowest BCUT2D eigenvalue weighted by Gasteiger charge is -1.94. The summed E-state index contributed by atoms with van der Waals surface area (Å²) in [5.74, 6) is 5.95. The van der Waals surface area contributed by atoms with Crippen LogP contribution in [0.3, 0.4) is 0 Å². The Morgan fingerprint density at radius 2 is 1.94 bits per heavy atom. The second kappa shape index (κ2) is 5.14. The lowest BCUT2D eigenvalue weighted by atomic mass is 10.2. The quantitative estimate of drug-likeness (QED) is 0.365. The van der Waals surface area contributed by atoms with Gasteiger partial charge in [0.25, 0.3) is 5.91 Å². The van der Waals surface area contributed by atoms with E-state index in [0.29, 0.717) is 5.76 Å². The van der Waals surface area contributed by atoms with E-state index in [1.54, 1.807) is 12.1 Å². The van der Waals surface area contributed by atoms with Crippen molar-refractivity contribution in [3.8, 4) is 11.3 Å². The summed E-state index contributed by atoms with van der Waals surface area (Å²) >= 11 is 0. The number of benzene rings is 1. The van der Waals surface area contributed by atoms with E-state index < -0.39 is 0 Å². The number of carbonyl (C=O) groups excluding carboxylic acids is 1. The van der Waals surface area contributed by atoms with Crippen LogP contribution in [0.5, 0.6) is 0 Å². The molecule has 1 aromatic heterocycles.